The third-order valence-corrected chi connectivity index (χ3v) is 4.11. The van der Waals surface area contributed by atoms with Gasteiger partial charge in [0.25, 0.3) is 5.56 Å². The van der Waals surface area contributed by atoms with Crippen molar-refractivity contribution in [1.82, 2.24) is 10.3 Å². The average molecular weight is 345 g/mol. The average Bonchev–Trinajstić information content (AvgIpc) is 2.50. The smallest absolute Gasteiger partial charge is 0.345 e. The first-order chi connectivity index (χ1) is 11.2. The van der Waals surface area contributed by atoms with Crippen LogP contribution in [0.5, 0.6) is 0 Å². The molecule has 1 aliphatic carbocycles. The number of rotatable bonds is 2. The summed E-state index contributed by atoms with van der Waals surface area (Å²) < 4.78 is 37.9. The van der Waals surface area contributed by atoms with Gasteiger partial charge in [-0.15, -0.1) is 0 Å². The lowest BCUT2D eigenvalue weighted by atomic mass is 9.86. The van der Waals surface area contributed by atoms with Gasteiger partial charge in [0.05, 0.1) is 5.56 Å². The van der Waals surface area contributed by atoms with E-state index in [0.29, 0.717) is 12.3 Å². The molecule has 0 unspecified atom stereocenters. The molecule has 1 aliphatic rings. The van der Waals surface area contributed by atoms with E-state index in [0.717, 1.165) is 25.7 Å². The zero-order valence-electron chi connectivity index (χ0n) is 13.0. The molecule has 1 aromatic rings. The summed E-state index contributed by atoms with van der Waals surface area (Å²) in [6.45, 7) is 1.96. The summed E-state index contributed by atoms with van der Waals surface area (Å²) >= 11 is 0. The quantitative estimate of drug-likeness (QED) is 0.716. The zero-order chi connectivity index (χ0) is 17.9. The summed E-state index contributed by atoms with van der Waals surface area (Å²) in [7, 11) is 0. The van der Waals surface area contributed by atoms with Crippen LogP contribution in [0.2, 0.25) is 0 Å². The topological polar surface area (TPSA) is 91.1 Å². The molecule has 2 rings (SSSR count). The van der Waals surface area contributed by atoms with Crippen LogP contribution in [-0.4, -0.2) is 22.8 Å². The zero-order valence-corrected chi connectivity index (χ0v) is 13.0. The van der Waals surface area contributed by atoms with Crippen LogP contribution >= 0.6 is 0 Å². The molecule has 2 atom stereocenters. The molecule has 3 N–H and O–H groups in total. The fourth-order valence-electron chi connectivity index (χ4n) is 2.68. The summed E-state index contributed by atoms with van der Waals surface area (Å²) in [6.07, 6.45) is -0.515. The van der Waals surface area contributed by atoms with Gasteiger partial charge in [-0.2, -0.15) is 13.2 Å². The van der Waals surface area contributed by atoms with Crippen LogP contribution in [-0.2, 0) is 15.8 Å². The molecule has 0 bridgehead atoms. The lowest BCUT2D eigenvalue weighted by Gasteiger charge is -2.29. The maximum absolute atomic E-state index is 12.6. The second-order valence-corrected chi connectivity index (χ2v) is 5.92. The van der Waals surface area contributed by atoms with Crippen molar-refractivity contribution in [2.75, 3.05) is 5.32 Å². The van der Waals surface area contributed by atoms with Gasteiger partial charge in [-0.05, 0) is 24.8 Å². The standard InChI is InChI=1S/C15H18F3N3O3/c1-8-4-2-3-5-10(8)20-13(23)14(24)21-11-6-9(15(16,17)18)7-19-12(11)22/h6-8,10H,2-5H2,1H3,(H,19,22)(H,20,23)(H,21,24)/t8-,10+/m0/s1. The van der Waals surface area contributed by atoms with Gasteiger partial charge in [-0.1, -0.05) is 19.8 Å². The Morgan fingerprint density at radius 2 is 1.88 bits per heavy atom. The lowest BCUT2D eigenvalue weighted by molar-refractivity contribution is -0.138. The number of H-pyrrole nitrogens is 1. The van der Waals surface area contributed by atoms with Gasteiger partial charge in [-0.3, -0.25) is 14.4 Å². The molecule has 9 heteroatoms. The van der Waals surface area contributed by atoms with E-state index in [1.807, 2.05) is 17.2 Å². The van der Waals surface area contributed by atoms with Crippen molar-refractivity contribution in [3.05, 3.63) is 28.2 Å². The van der Waals surface area contributed by atoms with Gasteiger partial charge < -0.3 is 15.6 Å². The molecule has 0 aliphatic heterocycles. The molecule has 0 spiro atoms. The number of pyridine rings is 1. The van der Waals surface area contributed by atoms with Gasteiger partial charge in [-0.25, -0.2) is 0 Å². The number of hydrogen-bond acceptors (Lipinski definition) is 3. The maximum atomic E-state index is 12.6. The second kappa shape index (κ2) is 7.06. The number of halogens is 3. The molecule has 1 saturated carbocycles. The normalized spacial score (nSPS) is 21.2. The number of aromatic nitrogens is 1. The molecule has 1 heterocycles. The van der Waals surface area contributed by atoms with Gasteiger partial charge in [0.2, 0.25) is 0 Å². The predicted octanol–water partition coefficient (Wildman–Crippen LogP) is 2.03. The number of alkyl halides is 3. The first kappa shape index (κ1) is 18.0. The highest BCUT2D eigenvalue weighted by Gasteiger charge is 2.32. The predicted molar refractivity (Wildman–Crippen MR) is 80.3 cm³/mol. The van der Waals surface area contributed by atoms with E-state index >= 15 is 0 Å². The van der Waals surface area contributed by atoms with E-state index in [9.17, 15) is 27.6 Å². The molecular formula is C15H18F3N3O3. The van der Waals surface area contributed by atoms with E-state index in [2.05, 4.69) is 5.32 Å². The first-order valence-electron chi connectivity index (χ1n) is 7.60. The summed E-state index contributed by atoms with van der Waals surface area (Å²) in [5.41, 5.74) is -2.67. The van der Waals surface area contributed by atoms with Crippen LogP contribution in [0.1, 0.15) is 38.2 Å². The number of hydrogen-bond donors (Lipinski definition) is 3. The fraction of sp³-hybridized carbons (Fsp3) is 0.533. The highest BCUT2D eigenvalue weighted by Crippen LogP contribution is 2.29. The van der Waals surface area contributed by atoms with Crippen LogP contribution in [0.4, 0.5) is 18.9 Å². The Bertz CT molecular complexity index is 685. The minimum Gasteiger partial charge on any atom is -0.345 e. The second-order valence-electron chi connectivity index (χ2n) is 5.92. The van der Waals surface area contributed by atoms with E-state index in [1.54, 1.807) is 0 Å². The van der Waals surface area contributed by atoms with E-state index in [1.165, 1.54) is 0 Å². The van der Waals surface area contributed by atoms with Crippen LogP contribution in [0, 0.1) is 5.92 Å². The summed E-state index contributed by atoms with van der Waals surface area (Å²) in [5, 5.41) is 4.50. The number of amides is 2. The van der Waals surface area contributed by atoms with Crippen LogP contribution in [0.3, 0.4) is 0 Å². The first-order valence-corrected chi connectivity index (χ1v) is 7.60. The Hall–Kier alpha value is -2.32. The maximum Gasteiger partial charge on any atom is 0.417 e. The van der Waals surface area contributed by atoms with Crippen molar-refractivity contribution < 1.29 is 22.8 Å². The minimum atomic E-state index is -4.68. The van der Waals surface area contributed by atoms with Crippen molar-refractivity contribution in [3.8, 4) is 0 Å². The van der Waals surface area contributed by atoms with E-state index in [4.69, 9.17) is 0 Å². The highest BCUT2D eigenvalue weighted by molar-refractivity contribution is 6.39. The van der Waals surface area contributed by atoms with E-state index in [-0.39, 0.29) is 12.0 Å². The molecule has 0 radical (unpaired) electrons. The Morgan fingerprint density at radius 3 is 2.50 bits per heavy atom. The molecule has 0 aromatic carbocycles. The van der Waals surface area contributed by atoms with Crippen molar-refractivity contribution in [2.45, 2.75) is 44.8 Å². The van der Waals surface area contributed by atoms with E-state index < -0.39 is 34.8 Å². The van der Waals surface area contributed by atoms with Crippen LogP contribution < -0.4 is 16.2 Å². The van der Waals surface area contributed by atoms with Gasteiger partial charge >= 0.3 is 18.0 Å². The molecule has 2 amide bonds. The number of aromatic amines is 1. The van der Waals surface area contributed by atoms with Crippen molar-refractivity contribution >= 4 is 17.5 Å². The fourth-order valence-corrected chi connectivity index (χ4v) is 2.68. The molecule has 132 valence electrons. The van der Waals surface area contributed by atoms with Crippen molar-refractivity contribution in [2.24, 2.45) is 5.92 Å². The molecule has 0 saturated heterocycles. The Kier molecular flexibility index (Phi) is 5.30. The largest absolute Gasteiger partial charge is 0.417 e. The number of carbonyl (C=O) groups excluding carboxylic acids is 2. The Labute approximate surface area is 135 Å². The summed E-state index contributed by atoms with van der Waals surface area (Å²) in [6, 6.07) is 0.338. The van der Waals surface area contributed by atoms with Gasteiger partial charge in [0.1, 0.15) is 5.69 Å². The third-order valence-electron chi connectivity index (χ3n) is 4.11. The number of anilines is 1. The van der Waals surface area contributed by atoms with Crippen molar-refractivity contribution in [1.29, 1.82) is 0 Å². The van der Waals surface area contributed by atoms with Gasteiger partial charge in [0, 0.05) is 12.2 Å². The monoisotopic (exact) mass is 345 g/mol. The lowest BCUT2D eigenvalue weighted by Crippen LogP contribution is -2.46. The molecule has 1 aromatic heterocycles. The molecular weight excluding hydrogens is 327 g/mol. The Balaban J connectivity index is 2.06. The SMILES string of the molecule is C[C@H]1CCCC[C@H]1NC(=O)C(=O)Nc1cc(C(F)(F)F)c[nH]c1=O. The van der Waals surface area contributed by atoms with Crippen LogP contribution in [0.25, 0.3) is 0 Å². The minimum absolute atomic E-state index is 0.156. The molecule has 1 fully saturated rings. The molecule has 6 nitrogen and oxygen atoms in total. The number of nitrogens with one attached hydrogen (secondary N) is 3. The Morgan fingerprint density at radius 1 is 1.21 bits per heavy atom. The molecule has 24 heavy (non-hydrogen) atoms. The third kappa shape index (κ3) is 4.36. The van der Waals surface area contributed by atoms with Crippen LogP contribution in [0.15, 0.2) is 17.1 Å². The van der Waals surface area contributed by atoms with Gasteiger partial charge in [0.15, 0.2) is 0 Å². The summed E-state index contributed by atoms with van der Waals surface area (Å²) in [4.78, 5) is 37.2. The van der Waals surface area contributed by atoms with Crippen molar-refractivity contribution in [3.63, 3.8) is 0 Å². The highest BCUT2D eigenvalue weighted by atomic mass is 19.4. The summed E-state index contributed by atoms with van der Waals surface area (Å²) in [5.74, 6) is -1.92. The number of carbonyl (C=O) groups is 2.